The summed E-state index contributed by atoms with van der Waals surface area (Å²) in [5.74, 6) is 4.89. The van der Waals surface area contributed by atoms with Gasteiger partial charge in [0.2, 0.25) is 11.1 Å². The predicted molar refractivity (Wildman–Crippen MR) is 95.9 cm³/mol. The second-order valence-electron chi connectivity index (χ2n) is 5.42. The van der Waals surface area contributed by atoms with Gasteiger partial charge in [-0.05, 0) is 31.2 Å². The highest BCUT2D eigenvalue weighted by atomic mass is 32.2. The van der Waals surface area contributed by atoms with E-state index in [-0.39, 0.29) is 16.7 Å². The lowest BCUT2D eigenvalue weighted by Crippen LogP contribution is -2.24. The molecule has 3 rings (SSSR count). The van der Waals surface area contributed by atoms with Crippen molar-refractivity contribution in [3.63, 3.8) is 0 Å². The molecule has 2 aromatic carbocycles. The number of nitrogens with two attached hydrogens (primary N) is 1. The molecule has 0 unspecified atom stereocenters. The second kappa shape index (κ2) is 7.52. The van der Waals surface area contributed by atoms with E-state index in [0.29, 0.717) is 5.56 Å². The van der Waals surface area contributed by atoms with E-state index in [1.807, 2.05) is 0 Å². The number of rotatable bonds is 5. The van der Waals surface area contributed by atoms with Gasteiger partial charge in [-0.3, -0.25) is 4.79 Å². The Balaban J connectivity index is 1.73. The smallest absolute Gasteiger partial charge is 0.237 e. The maximum absolute atomic E-state index is 13.6. The molecule has 3 aromatic rings. The van der Waals surface area contributed by atoms with Crippen LogP contribution in [0.3, 0.4) is 0 Å². The number of nitrogens with zero attached hydrogens (tertiary/aromatic N) is 3. The highest BCUT2D eigenvalue weighted by molar-refractivity contribution is 8.00. The largest absolute Gasteiger partial charge is 0.335 e. The molecule has 0 aliphatic rings. The molecule has 0 fully saturated rings. The zero-order valence-electron chi connectivity index (χ0n) is 13.7. The summed E-state index contributed by atoms with van der Waals surface area (Å²) in [6.07, 6.45) is 0. The Morgan fingerprint density at radius 3 is 2.69 bits per heavy atom. The van der Waals surface area contributed by atoms with Gasteiger partial charge in [0.25, 0.3) is 0 Å². The Kier molecular flexibility index (Phi) is 5.17. The molecule has 0 aliphatic carbocycles. The summed E-state index contributed by atoms with van der Waals surface area (Å²) >= 11 is 1.06. The van der Waals surface area contributed by atoms with Crippen LogP contribution in [0.15, 0.2) is 53.7 Å². The maximum Gasteiger partial charge on any atom is 0.237 e. The number of nitrogens with one attached hydrogen (secondary N) is 1. The van der Waals surface area contributed by atoms with Gasteiger partial charge in [-0.2, -0.15) is 0 Å². The molecular weight excluding hydrogens is 360 g/mol. The molecule has 0 spiro atoms. The number of nitrogen functional groups attached to an aromatic ring is 1. The Bertz CT molecular complexity index is 946. The average Bonchev–Trinajstić information content (AvgIpc) is 2.97. The molecule has 0 saturated heterocycles. The molecule has 0 bridgehead atoms. The highest BCUT2D eigenvalue weighted by Crippen LogP contribution is 2.26. The molecule has 0 radical (unpaired) electrons. The van der Waals surface area contributed by atoms with Crippen molar-refractivity contribution in [1.82, 2.24) is 14.9 Å². The number of halogens is 2. The lowest BCUT2D eigenvalue weighted by Gasteiger charge is -2.12. The zero-order chi connectivity index (χ0) is 18.7. The van der Waals surface area contributed by atoms with Crippen molar-refractivity contribution in [2.75, 3.05) is 11.2 Å². The minimum absolute atomic E-state index is 0.0969. The van der Waals surface area contributed by atoms with E-state index in [4.69, 9.17) is 5.84 Å². The van der Waals surface area contributed by atoms with Crippen LogP contribution in [0, 0.1) is 11.6 Å². The number of benzene rings is 2. The molecule has 1 atom stereocenters. The van der Waals surface area contributed by atoms with Crippen LogP contribution in [-0.2, 0) is 4.79 Å². The second-order valence-corrected chi connectivity index (χ2v) is 6.72. The number of anilines is 1. The number of thioether (sulfide) groups is 1. The van der Waals surface area contributed by atoms with Gasteiger partial charge in [0, 0.05) is 5.56 Å². The molecule has 0 aliphatic heterocycles. The zero-order valence-corrected chi connectivity index (χ0v) is 14.5. The fraction of sp³-hybridized carbons (Fsp3) is 0.118. The first-order valence-electron chi connectivity index (χ1n) is 7.64. The quantitative estimate of drug-likeness (QED) is 0.529. The number of hydrogen-bond donors (Lipinski definition) is 2. The first-order valence-corrected chi connectivity index (χ1v) is 8.52. The molecule has 1 aromatic heterocycles. The fourth-order valence-corrected chi connectivity index (χ4v) is 2.96. The van der Waals surface area contributed by atoms with Crippen LogP contribution in [0.5, 0.6) is 0 Å². The SMILES string of the molecule is C[C@H](Sc1nnc(-c2cccc(F)c2)n1N)C(=O)Nc1ccccc1F. The summed E-state index contributed by atoms with van der Waals surface area (Å²) in [5.41, 5.74) is 0.565. The first-order chi connectivity index (χ1) is 12.5. The normalized spacial score (nSPS) is 12.0. The summed E-state index contributed by atoms with van der Waals surface area (Å²) < 4.78 is 28.2. The number of carbonyl (C=O) groups is 1. The van der Waals surface area contributed by atoms with Crippen molar-refractivity contribution in [3.8, 4) is 11.4 Å². The molecular formula is C17H15F2N5OS. The minimum atomic E-state index is -0.610. The number of aromatic nitrogens is 3. The molecule has 1 amide bonds. The van der Waals surface area contributed by atoms with E-state index < -0.39 is 22.8 Å². The van der Waals surface area contributed by atoms with E-state index in [2.05, 4.69) is 15.5 Å². The van der Waals surface area contributed by atoms with Crippen molar-refractivity contribution in [2.45, 2.75) is 17.3 Å². The van der Waals surface area contributed by atoms with E-state index in [1.165, 1.54) is 41.1 Å². The van der Waals surface area contributed by atoms with Crippen molar-refractivity contribution in [3.05, 3.63) is 60.2 Å². The van der Waals surface area contributed by atoms with Crippen LogP contribution in [0.4, 0.5) is 14.5 Å². The van der Waals surface area contributed by atoms with Gasteiger partial charge in [-0.1, -0.05) is 36.0 Å². The van der Waals surface area contributed by atoms with Crippen molar-refractivity contribution in [1.29, 1.82) is 0 Å². The number of para-hydroxylation sites is 1. The van der Waals surface area contributed by atoms with E-state index in [0.717, 1.165) is 11.8 Å². The lowest BCUT2D eigenvalue weighted by atomic mass is 10.2. The van der Waals surface area contributed by atoms with Gasteiger partial charge in [-0.15, -0.1) is 10.2 Å². The summed E-state index contributed by atoms with van der Waals surface area (Å²) in [7, 11) is 0. The van der Waals surface area contributed by atoms with Crippen LogP contribution >= 0.6 is 11.8 Å². The van der Waals surface area contributed by atoms with Crippen molar-refractivity contribution in [2.24, 2.45) is 0 Å². The van der Waals surface area contributed by atoms with Gasteiger partial charge in [0.05, 0.1) is 10.9 Å². The standard InChI is InChI=1S/C17H15F2N5OS/c1-10(16(25)21-14-8-3-2-7-13(14)19)26-17-23-22-15(24(17)20)11-5-4-6-12(18)9-11/h2-10H,20H2,1H3,(H,21,25)/t10-/m0/s1. The van der Waals surface area contributed by atoms with Crippen molar-refractivity contribution < 1.29 is 13.6 Å². The minimum Gasteiger partial charge on any atom is -0.335 e. The average molecular weight is 375 g/mol. The Morgan fingerprint density at radius 2 is 1.96 bits per heavy atom. The van der Waals surface area contributed by atoms with Gasteiger partial charge < -0.3 is 11.2 Å². The van der Waals surface area contributed by atoms with Crippen LogP contribution in [0.2, 0.25) is 0 Å². The summed E-state index contributed by atoms with van der Waals surface area (Å²) in [4.78, 5) is 12.3. The third kappa shape index (κ3) is 3.83. The van der Waals surface area contributed by atoms with Gasteiger partial charge >= 0.3 is 0 Å². The summed E-state index contributed by atoms with van der Waals surface area (Å²) in [6, 6.07) is 11.7. The van der Waals surface area contributed by atoms with Gasteiger partial charge in [0.15, 0.2) is 5.82 Å². The van der Waals surface area contributed by atoms with E-state index >= 15 is 0 Å². The van der Waals surface area contributed by atoms with Gasteiger partial charge in [0.1, 0.15) is 11.6 Å². The van der Waals surface area contributed by atoms with E-state index in [1.54, 1.807) is 19.1 Å². The molecule has 26 heavy (non-hydrogen) atoms. The first kappa shape index (κ1) is 17.9. The Labute approximate surface area is 152 Å². The highest BCUT2D eigenvalue weighted by Gasteiger charge is 2.21. The van der Waals surface area contributed by atoms with Crippen molar-refractivity contribution >= 4 is 23.4 Å². The Morgan fingerprint density at radius 1 is 1.19 bits per heavy atom. The number of carbonyl (C=O) groups excluding carboxylic acids is 1. The van der Waals surface area contributed by atoms with Crippen LogP contribution in [-0.4, -0.2) is 26.0 Å². The molecule has 134 valence electrons. The lowest BCUT2D eigenvalue weighted by molar-refractivity contribution is -0.115. The van der Waals surface area contributed by atoms with E-state index in [9.17, 15) is 13.6 Å². The topological polar surface area (TPSA) is 85.8 Å². The van der Waals surface area contributed by atoms with Crippen LogP contribution < -0.4 is 11.2 Å². The third-order valence-corrected chi connectivity index (χ3v) is 4.59. The maximum atomic E-state index is 13.6. The molecule has 0 saturated carbocycles. The molecule has 3 N–H and O–H groups in total. The third-order valence-electron chi connectivity index (χ3n) is 3.53. The monoisotopic (exact) mass is 375 g/mol. The molecule has 6 nitrogen and oxygen atoms in total. The Hall–Kier alpha value is -2.94. The fourth-order valence-electron chi connectivity index (χ4n) is 2.19. The molecule has 9 heteroatoms. The summed E-state index contributed by atoms with van der Waals surface area (Å²) in [5, 5.41) is 10.1. The predicted octanol–water partition coefficient (Wildman–Crippen LogP) is 3.06. The summed E-state index contributed by atoms with van der Waals surface area (Å²) in [6.45, 7) is 1.64. The van der Waals surface area contributed by atoms with Crippen LogP contribution in [0.1, 0.15) is 6.92 Å². The number of amides is 1. The number of hydrogen-bond acceptors (Lipinski definition) is 5. The molecule has 1 heterocycles. The van der Waals surface area contributed by atoms with Crippen LogP contribution in [0.25, 0.3) is 11.4 Å². The van der Waals surface area contributed by atoms with Gasteiger partial charge in [-0.25, -0.2) is 13.5 Å².